The number of benzene rings is 3. The van der Waals surface area contributed by atoms with E-state index in [1.807, 2.05) is 72.8 Å². The largest absolute Gasteiger partial charge is 0.489 e. The van der Waals surface area contributed by atoms with Gasteiger partial charge in [-0.2, -0.15) is 0 Å². The van der Waals surface area contributed by atoms with Crippen LogP contribution < -0.4 is 4.74 Å². The van der Waals surface area contributed by atoms with Crippen molar-refractivity contribution in [1.82, 2.24) is 0 Å². The average Bonchev–Trinajstić information content (AvgIpc) is 3.08. The Balaban J connectivity index is 1.54. The zero-order chi connectivity index (χ0) is 20.2. The minimum atomic E-state index is -0.471. The van der Waals surface area contributed by atoms with E-state index in [2.05, 4.69) is 43.5 Å². The van der Waals surface area contributed by atoms with Gasteiger partial charge in [0.2, 0.25) is 5.90 Å². The summed E-state index contributed by atoms with van der Waals surface area (Å²) in [4.78, 5) is 16.6. The Kier molecular flexibility index (Phi) is 6.10. The molecule has 0 saturated carbocycles. The number of carbonyl (C=O) groups excluding carboxylic acids is 1. The van der Waals surface area contributed by atoms with E-state index >= 15 is 0 Å². The Bertz CT molecular complexity index is 1140. The van der Waals surface area contributed by atoms with E-state index in [1.165, 1.54) is 0 Å². The lowest BCUT2D eigenvalue weighted by Crippen LogP contribution is -2.05. The van der Waals surface area contributed by atoms with Gasteiger partial charge in [-0.1, -0.05) is 42.5 Å². The summed E-state index contributed by atoms with van der Waals surface area (Å²) in [6, 6.07) is 23.1. The number of aliphatic imine (C=N–C) groups is 1. The third-order valence-electron chi connectivity index (χ3n) is 4.24. The average molecular weight is 560 g/mol. The number of carbonyl (C=O) groups is 1. The molecule has 0 spiro atoms. The van der Waals surface area contributed by atoms with Crippen LogP contribution in [0.15, 0.2) is 88.0 Å². The first kappa shape index (κ1) is 19.8. The summed E-state index contributed by atoms with van der Waals surface area (Å²) in [5, 5.41) is 0. The van der Waals surface area contributed by atoms with Gasteiger partial charge in [-0.25, -0.2) is 9.79 Å². The fourth-order valence-corrected chi connectivity index (χ4v) is 3.79. The molecular weight excluding hydrogens is 545 g/mol. The maximum absolute atomic E-state index is 12.3. The van der Waals surface area contributed by atoms with E-state index in [4.69, 9.17) is 9.47 Å². The second kappa shape index (κ2) is 8.92. The first-order valence-corrected chi connectivity index (χ1v) is 10.7. The standard InChI is InChI=1S/C23H15BrINO3/c24-19-10-3-2-9-18(19)22-26-21(23(27)29-22)13-15-6-5-8-17(12-15)28-14-16-7-1-4-11-20(16)25/h1-13H,14H2/b21-13-. The molecule has 4 rings (SSSR count). The normalized spacial score (nSPS) is 14.6. The minimum absolute atomic E-state index is 0.255. The zero-order valence-corrected chi connectivity index (χ0v) is 18.9. The number of esters is 1. The minimum Gasteiger partial charge on any atom is -0.489 e. The fraction of sp³-hybridized carbons (Fsp3) is 0.0435. The van der Waals surface area contributed by atoms with Gasteiger partial charge < -0.3 is 9.47 Å². The molecule has 6 heteroatoms. The maximum Gasteiger partial charge on any atom is 0.363 e. The van der Waals surface area contributed by atoms with Crippen LogP contribution in [0.25, 0.3) is 6.08 Å². The van der Waals surface area contributed by atoms with E-state index in [-0.39, 0.29) is 5.70 Å². The second-order valence-electron chi connectivity index (χ2n) is 6.27. The van der Waals surface area contributed by atoms with E-state index in [9.17, 15) is 4.79 Å². The highest BCUT2D eigenvalue weighted by Gasteiger charge is 2.25. The van der Waals surface area contributed by atoms with Gasteiger partial charge in [0, 0.05) is 13.6 Å². The maximum atomic E-state index is 12.3. The van der Waals surface area contributed by atoms with Crippen LogP contribution in [0.1, 0.15) is 16.7 Å². The van der Waals surface area contributed by atoms with E-state index in [0.717, 1.165) is 30.5 Å². The van der Waals surface area contributed by atoms with Crippen LogP contribution >= 0.6 is 38.5 Å². The summed E-state index contributed by atoms with van der Waals surface area (Å²) in [5.74, 6) is 0.543. The summed E-state index contributed by atoms with van der Waals surface area (Å²) in [6.07, 6.45) is 1.70. The van der Waals surface area contributed by atoms with Crippen molar-refractivity contribution in [2.45, 2.75) is 6.61 Å². The number of cyclic esters (lactones) is 1. The summed E-state index contributed by atoms with van der Waals surface area (Å²) in [5.41, 5.74) is 2.93. The molecular formula is C23H15BrINO3. The van der Waals surface area contributed by atoms with Crippen molar-refractivity contribution in [1.29, 1.82) is 0 Å². The SMILES string of the molecule is O=C1OC(c2ccccc2Br)=N/C1=C\c1cccc(OCc2ccccc2I)c1. The number of hydrogen-bond donors (Lipinski definition) is 0. The first-order valence-electron chi connectivity index (χ1n) is 8.84. The van der Waals surface area contributed by atoms with Crippen molar-refractivity contribution in [2.75, 3.05) is 0 Å². The number of hydrogen-bond acceptors (Lipinski definition) is 4. The van der Waals surface area contributed by atoms with Crippen LogP contribution in [0.4, 0.5) is 0 Å². The highest BCUT2D eigenvalue weighted by molar-refractivity contribution is 14.1. The van der Waals surface area contributed by atoms with Gasteiger partial charge in [0.05, 0.1) is 5.56 Å². The summed E-state index contributed by atoms with van der Waals surface area (Å²) >= 11 is 5.75. The molecule has 0 aliphatic carbocycles. The van der Waals surface area contributed by atoms with Crippen LogP contribution in [0.2, 0.25) is 0 Å². The lowest BCUT2D eigenvalue weighted by Gasteiger charge is -2.08. The van der Waals surface area contributed by atoms with Crippen LogP contribution in [0, 0.1) is 3.57 Å². The van der Waals surface area contributed by atoms with Crippen molar-refractivity contribution in [3.05, 3.63) is 103 Å². The van der Waals surface area contributed by atoms with Crippen molar-refractivity contribution in [3.8, 4) is 5.75 Å². The molecule has 0 fully saturated rings. The molecule has 3 aromatic rings. The molecule has 0 unspecified atom stereocenters. The molecule has 3 aromatic carbocycles. The van der Waals surface area contributed by atoms with Crippen LogP contribution in [0.3, 0.4) is 0 Å². The van der Waals surface area contributed by atoms with Gasteiger partial charge in [0.1, 0.15) is 12.4 Å². The molecule has 0 atom stereocenters. The van der Waals surface area contributed by atoms with Gasteiger partial charge in [-0.15, -0.1) is 0 Å². The van der Waals surface area contributed by atoms with Crippen molar-refractivity contribution in [2.24, 2.45) is 4.99 Å². The Morgan fingerprint density at radius 3 is 2.66 bits per heavy atom. The van der Waals surface area contributed by atoms with Gasteiger partial charge in [0.15, 0.2) is 5.70 Å². The van der Waals surface area contributed by atoms with Gasteiger partial charge in [-0.3, -0.25) is 0 Å². The third kappa shape index (κ3) is 4.76. The van der Waals surface area contributed by atoms with Gasteiger partial charge >= 0.3 is 5.97 Å². The lowest BCUT2D eigenvalue weighted by atomic mass is 10.2. The number of halogens is 2. The highest BCUT2D eigenvalue weighted by Crippen LogP contribution is 2.25. The van der Waals surface area contributed by atoms with E-state index in [1.54, 1.807) is 6.08 Å². The molecule has 0 radical (unpaired) electrons. The summed E-state index contributed by atoms with van der Waals surface area (Å²) < 4.78 is 13.2. The molecule has 1 heterocycles. The van der Waals surface area contributed by atoms with Crippen molar-refractivity contribution >= 4 is 56.5 Å². The van der Waals surface area contributed by atoms with Crippen LogP contribution in [0.5, 0.6) is 5.75 Å². The van der Waals surface area contributed by atoms with Gasteiger partial charge in [-0.05, 0) is 80.5 Å². The number of ether oxygens (including phenoxy) is 2. The monoisotopic (exact) mass is 559 g/mol. The molecule has 0 bridgehead atoms. The summed E-state index contributed by atoms with van der Waals surface area (Å²) in [6.45, 7) is 0.478. The topological polar surface area (TPSA) is 47.9 Å². The summed E-state index contributed by atoms with van der Waals surface area (Å²) in [7, 11) is 0. The second-order valence-corrected chi connectivity index (χ2v) is 8.29. The van der Waals surface area contributed by atoms with Crippen LogP contribution in [-0.2, 0) is 16.1 Å². The first-order chi connectivity index (χ1) is 14.1. The zero-order valence-electron chi connectivity index (χ0n) is 15.1. The third-order valence-corrected chi connectivity index (χ3v) is 5.98. The van der Waals surface area contributed by atoms with Crippen molar-refractivity contribution in [3.63, 3.8) is 0 Å². The molecule has 1 aliphatic heterocycles. The Hall–Kier alpha value is -2.45. The molecule has 0 aromatic heterocycles. The predicted octanol–water partition coefficient (Wildman–Crippen LogP) is 5.98. The lowest BCUT2D eigenvalue weighted by molar-refractivity contribution is -0.129. The molecule has 0 saturated heterocycles. The Morgan fingerprint density at radius 1 is 1.03 bits per heavy atom. The smallest absolute Gasteiger partial charge is 0.363 e. The fourth-order valence-electron chi connectivity index (χ4n) is 2.79. The number of nitrogens with zero attached hydrogens (tertiary/aromatic N) is 1. The van der Waals surface area contributed by atoms with E-state index in [0.29, 0.717) is 12.5 Å². The quantitative estimate of drug-likeness (QED) is 0.219. The Morgan fingerprint density at radius 2 is 1.83 bits per heavy atom. The Labute approximate surface area is 190 Å². The van der Waals surface area contributed by atoms with Gasteiger partial charge in [0.25, 0.3) is 0 Å². The number of rotatable bonds is 5. The molecule has 0 amide bonds. The molecule has 144 valence electrons. The van der Waals surface area contributed by atoms with Crippen molar-refractivity contribution < 1.29 is 14.3 Å². The molecule has 29 heavy (non-hydrogen) atoms. The highest BCUT2D eigenvalue weighted by atomic mass is 127. The molecule has 1 aliphatic rings. The predicted molar refractivity (Wildman–Crippen MR) is 125 cm³/mol. The molecule has 0 N–H and O–H groups in total. The van der Waals surface area contributed by atoms with Crippen LogP contribution in [-0.4, -0.2) is 11.9 Å². The van der Waals surface area contributed by atoms with E-state index < -0.39 is 5.97 Å². The molecule has 4 nitrogen and oxygen atoms in total.